The number of nitro benzene ring substituents is 1. The highest BCUT2D eigenvalue weighted by Crippen LogP contribution is 2.25. The van der Waals surface area contributed by atoms with E-state index in [-0.39, 0.29) is 17.0 Å². The second kappa shape index (κ2) is 8.27. The van der Waals surface area contributed by atoms with Crippen LogP contribution >= 0.6 is 11.3 Å². The quantitative estimate of drug-likeness (QED) is 0.454. The number of ether oxygens (including phenoxy) is 1. The van der Waals surface area contributed by atoms with Crippen molar-refractivity contribution >= 4 is 28.1 Å². The van der Waals surface area contributed by atoms with Gasteiger partial charge in [0.05, 0.1) is 4.92 Å². The van der Waals surface area contributed by atoms with E-state index >= 15 is 0 Å². The smallest absolute Gasteiger partial charge is 0.406 e. The minimum atomic E-state index is -4.74. The molecule has 0 aliphatic heterocycles. The first-order chi connectivity index (χ1) is 13.7. The summed E-state index contributed by atoms with van der Waals surface area (Å²) in [4.78, 5) is 27.2. The van der Waals surface area contributed by atoms with Crippen molar-refractivity contribution in [3.8, 4) is 5.75 Å². The van der Waals surface area contributed by atoms with Crippen LogP contribution < -0.4 is 10.1 Å². The van der Waals surface area contributed by atoms with Gasteiger partial charge in [-0.15, -0.1) is 24.5 Å². The van der Waals surface area contributed by atoms with Gasteiger partial charge in [0.2, 0.25) is 0 Å². The summed E-state index contributed by atoms with van der Waals surface area (Å²) in [6, 6.07) is 10.6. The van der Waals surface area contributed by atoms with Gasteiger partial charge in [0.25, 0.3) is 11.6 Å². The zero-order chi connectivity index (χ0) is 21.0. The molecule has 1 amide bonds. The topological polar surface area (TPSA) is 94.4 Å². The lowest BCUT2D eigenvalue weighted by Gasteiger charge is -2.08. The van der Waals surface area contributed by atoms with Crippen molar-refractivity contribution < 1.29 is 27.6 Å². The molecule has 7 nitrogen and oxygen atoms in total. The third-order valence-corrected chi connectivity index (χ3v) is 4.56. The SMILES string of the molecule is O=C(Nc1ncc(Cc2ccc(OC(F)(F)F)cc2)s1)c1ccc([N+](=O)[O-])cc1. The number of aromatic nitrogens is 1. The standard InChI is InChI=1S/C18H12F3N3O4S/c19-18(20,21)28-14-7-1-11(2-8-14)9-15-10-22-17(29-15)23-16(25)12-3-5-13(6-4-12)24(26)27/h1-8,10H,9H2,(H,22,23,25). The van der Waals surface area contributed by atoms with Gasteiger partial charge >= 0.3 is 6.36 Å². The number of carbonyl (C=O) groups is 1. The van der Waals surface area contributed by atoms with E-state index in [9.17, 15) is 28.1 Å². The number of nitro groups is 1. The van der Waals surface area contributed by atoms with Crippen molar-refractivity contribution in [3.05, 3.63) is 80.8 Å². The number of rotatable bonds is 6. The minimum Gasteiger partial charge on any atom is -0.406 e. The fourth-order valence-corrected chi connectivity index (χ4v) is 3.20. The van der Waals surface area contributed by atoms with Gasteiger partial charge in [-0.25, -0.2) is 4.98 Å². The van der Waals surface area contributed by atoms with Crippen LogP contribution in [0.3, 0.4) is 0 Å². The van der Waals surface area contributed by atoms with Crippen molar-refractivity contribution in [2.75, 3.05) is 5.32 Å². The summed E-state index contributed by atoms with van der Waals surface area (Å²) in [5, 5.41) is 13.6. The summed E-state index contributed by atoms with van der Waals surface area (Å²) in [6.07, 6.45) is -2.77. The highest BCUT2D eigenvalue weighted by atomic mass is 32.1. The third-order valence-electron chi connectivity index (χ3n) is 3.65. The van der Waals surface area contributed by atoms with Crippen LogP contribution in [0.4, 0.5) is 24.0 Å². The van der Waals surface area contributed by atoms with Gasteiger partial charge in [-0.1, -0.05) is 12.1 Å². The Labute approximate surface area is 165 Å². The second-order valence-electron chi connectivity index (χ2n) is 5.76. The predicted molar refractivity (Wildman–Crippen MR) is 99.1 cm³/mol. The summed E-state index contributed by atoms with van der Waals surface area (Å²) >= 11 is 1.21. The summed E-state index contributed by atoms with van der Waals surface area (Å²) in [5.41, 5.74) is 0.869. The minimum absolute atomic E-state index is 0.121. The van der Waals surface area contributed by atoms with Crippen molar-refractivity contribution in [2.24, 2.45) is 0 Å². The number of amides is 1. The molecule has 1 heterocycles. The fourth-order valence-electron chi connectivity index (χ4n) is 2.36. The first-order valence-corrected chi connectivity index (χ1v) is 8.86. The summed E-state index contributed by atoms with van der Waals surface area (Å²) in [6.45, 7) is 0. The molecule has 3 aromatic rings. The van der Waals surface area contributed by atoms with E-state index in [1.54, 1.807) is 6.20 Å². The maximum Gasteiger partial charge on any atom is 0.573 e. The second-order valence-corrected chi connectivity index (χ2v) is 6.87. The number of nitrogens with one attached hydrogen (secondary N) is 1. The Hall–Kier alpha value is -3.47. The van der Waals surface area contributed by atoms with Gasteiger partial charge in [-0.05, 0) is 29.8 Å². The molecular weight excluding hydrogens is 411 g/mol. The van der Waals surface area contributed by atoms with Gasteiger partial charge in [-0.2, -0.15) is 0 Å². The van der Waals surface area contributed by atoms with Gasteiger partial charge < -0.3 is 4.74 Å². The van der Waals surface area contributed by atoms with E-state index in [0.717, 1.165) is 10.4 Å². The Balaban J connectivity index is 1.60. The number of nitrogens with zero attached hydrogens (tertiary/aromatic N) is 2. The van der Waals surface area contributed by atoms with Gasteiger partial charge in [0.15, 0.2) is 5.13 Å². The number of hydrogen-bond acceptors (Lipinski definition) is 6. The summed E-state index contributed by atoms with van der Waals surface area (Å²) in [5.74, 6) is -0.768. The monoisotopic (exact) mass is 423 g/mol. The highest BCUT2D eigenvalue weighted by Gasteiger charge is 2.30. The molecule has 29 heavy (non-hydrogen) atoms. The Morgan fingerprint density at radius 1 is 1.14 bits per heavy atom. The first-order valence-electron chi connectivity index (χ1n) is 8.05. The van der Waals surface area contributed by atoms with E-state index in [0.29, 0.717) is 11.6 Å². The molecule has 0 unspecified atom stereocenters. The number of halogens is 3. The normalized spacial score (nSPS) is 11.1. The number of carbonyl (C=O) groups excluding carboxylic acids is 1. The van der Waals surface area contributed by atoms with Crippen molar-refractivity contribution in [3.63, 3.8) is 0 Å². The molecular formula is C18H12F3N3O4S. The zero-order valence-electron chi connectivity index (χ0n) is 14.5. The third kappa shape index (κ3) is 5.75. The Morgan fingerprint density at radius 2 is 1.79 bits per heavy atom. The molecule has 0 saturated carbocycles. The number of non-ortho nitro benzene ring substituents is 1. The Bertz CT molecular complexity index is 1020. The molecule has 0 aliphatic carbocycles. The summed E-state index contributed by atoms with van der Waals surface area (Å²) in [7, 11) is 0. The zero-order valence-corrected chi connectivity index (χ0v) is 15.3. The molecule has 0 saturated heterocycles. The predicted octanol–water partition coefficient (Wildman–Crippen LogP) is 4.79. The lowest BCUT2D eigenvalue weighted by molar-refractivity contribution is -0.384. The van der Waals surface area contributed by atoms with Crippen molar-refractivity contribution in [1.29, 1.82) is 0 Å². The number of benzene rings is 2. The molecule has 150 valence electrons. The van der Waals surface area contributed by atoms with Gasteiger partial charge in [-0.3, -0.25) is 20.2 Å². The molecule has 0 fully saturated rings. The van der Waals surface area contributed by atoms with E-state index in [1.807, 2.05) is 0 Å². The van der Waals surface area contributed by atoms with Crippen LogP contribution in [-0.2, 0) is 6.42 Å². The fraction of sp³-hybridized carbons (Fsp3) is 0.111. The van der Waals surface area contributed by atoms with Crippen molar-refractivity contribution in [1.82, 2.24) is 4.98 Å². The van der Waals surface area contributed by atoms with Crippen LogP contribution in [0.2, 0.25) is 0 Å². The Morgan fingerprint density at radius 3 is 2.38 bits per heavy atom. The van der Waals surface area contributed by atoms with E-state index in [1.165, 1.54) is 59.9 Å². The highest BCUT2D eigenvalue weighted by molar-refractivity contribution is 7.15. The van der Waals surface area contributed by atoms with Crippen LogP contribution in [0, 0.1) is 10.1 Å². The molecule has 0 atom stereocenters. The van der Waals surface area contributed by atoms with Crippen LogP contribution in [-0.4, -0.2) is 22.2 Å². The molecule has 0 radical (unpaired) electrons. The van der Waals surface area contributed by atoms with E-state index in [4.69, 9.17) is 0 Å². The van der Waals surface area contributed by atoms with Crippen LogP contribution in [0.1, 0.15) is 20.8 Å². The lowest BCUT2D eigenvalue weighted by Crippen LogP contribution is -2.17. The van der Waals surface area contributed by atoms with Crippen LogP contribution in [0.25, 0.3) is 0 Å². The average Bonchev–Trinajstić information content (AvgIpc) is 3.09. The maximum atomic E-state index is 12.2. The van der Waals surface area contributed by atoms with E-state index in [2.05, 4.69) is 15.0 Å². The molecule has 1 aromatic heterocycles. The molecule has 2 aromatic carbocycles. The average molecular weight is 423 g/mol. The maximum absolute atomic E-state index is 12.2. The molecule has 1 N–H and O–H groups in total. The first kappa shape index (κ1) is 20.3. The number of anilines is 1. The van der Waals surface area contributed by atoms with Crippen LogP contribution in [0.5, 0.6) is 5.75 Å². The number of hydrogen-bond donors (Lipinski definition) is 1. The molecule has 11 heteroatoms. The molecule has 0 aliphatic rings. The lowest BCUT2D eigenvalue weighted by atomic mass is 10.1. The number of alkyl halides is 3. The number of thiazole rings is 1. The van der Waals surface area contributed by atoms with E-state index < -0.39 is 17.2 Å². The van der Waals surface area contributed by atoms with Gasteiger partial charge in [0, 0.05) is 35.2 Å². The largest absolute Gasteiger partial charge is 0.573 e. The molecule has 0 spiro atoms. The molecule has 3 rings (SSSR count). The van der Waals surface area contributed by atoms with Crippen molar-refractivity contribution in [2.45, 2.75) is 12.8 Å². The Kier molecular flexibility index (Phi) is 5.78. The molecule has 0 bridgehead atoms. The summed E-state index contributed by atoms with van der Waals surface area (Å²) < 4.78 is 40.4. The van der Waals surface area contributed by atoms with Crippen LogP contribution in [0.15, 0.2) is 54.7 Å². The van der Waals surface area contributed by atoms with Gasteiger partial charge in [0.1, 0.15) is 5.75 Å².